The number of pyridine rings is 1. The van der Waals surface area contributed by atoms with Gasteiger partial charge >= 0.3 is 0 Å². The van der Waals surface area contributed by atoms with Gasteiger partial charge in [-0.1, -0.05) is 133 Å². The largest absolute Gasteiger partial charge is 0.456 e. The standard InChI is InChI=1S/C42H26N4O/c1-3-11-28(12-4-1)40-44-41(29-13-5-2-6-14-29)46-42(45-40)30-23-21-27(22-24-30)31-16-9-17-33-32(31)25-26-43-39(33)35-18-10-20-37-38(35)34-15-7-8-19-36(34)47-37/h1-26H. The van der Waals surface area contributed by atoms with Gasteiger partial charge in [0.25, 0.3) is 0 Å². The van der Waals surface area contributed by atoms with Crippen LogP contribution in [0.2, 0.25) is 0 Å². The van der Waals surface area contributed by atoms with Crippen molar-refractivity contribution in [3.63, 3.8) is 0 Å². The van der Waals surface area contributed by atoms with E-state index >= 15 is 0 Å². The third kappa shape index (κ3) is 4.73. The Morgan fingerprint density at radius 2 is 0.894 bits per heavy atom. The lowest BCUT2D eigenvalue weighted by molar-refractivity contribution is 0.669. The van der Waals surface area contributed by atoms with Crippen LogP contribution in [0.15, 0.2) is 162 Å². The van der Waals surface area contributed by atoms with Crippen molar-refractivity contribution >= 4 is 32.7 Å². The zero-order valence-corrected chi connectivity index (χ0v) is 25.2. The van der Waals surface area contributed by atoms with E-state index in [0.29, 0.717) is 17.5 Å². The van der Waals surface area contributed by atoms with Gasteiger partial charge in [-0.05, 0) is 34.7 Å². The fourth-order valence-electron chi connectivity index (χ4n) is 6.38. The summed E-state index contributed by atoms with van der Waals surface area (Å²) in [5, 5.41) is 4.39. The van der Waals surface area contributed by atoms with E-state index in [2.05, 4.69) is 60.7 Å². The average Bonchev–Trinajstić information content (AvgIpc) is 3.54. The molecule has 3 heterocycles. The first-order valence-electron chi connectivity index (χ1n) is 15.6. The smallest absolute Gasteiger partial charge is 0.164 e. The van der Waals surface area contributed by atoms with Gasteiger partial charge in [-0.15, -0.1) is 0 Å². The van der Waals surface area contributed by atoms with E-state index in [1.807, 2.05) is 97.2 Å². The van der Waals surface area contributed by atoms with E-state index in [1.54, 1.807) is 0 Å². The Kier molecular flexibility index (Phi) is 6.39. The Labute approximate surface area is 270 Å². The minimum Gasteiger partial charge on any atom is -0.456 e. The van der Waals surface area contributed by atoms with Crippen LogP contribution in [0.5, 0.6) is 0 Å². The molecular weight excluding hydrogens is 576 g/mol. The van der Waals surface area contributed by atoms with E-state index < -0.39 is 0 Å². The molecule has 0 aliphatic carbocycles. The van der Waals surface area contributed by atoms with E-state index in [9.17, 15) is 0 Å². The number of hydrogen-bond acceptors (Lipinski definition) is 5. The Morgan fingerprint density at radius 1 is 0.362 bits per heavy atom. The number of aromatic nitrogens is 4. The molecule has 220 valence electrons. The van der Waals surface area contributed by atoms with Crippen molar-refractivity contribution in [3.05, 3.63) is 158 Å². The zero-order valence-electron chi connectivity index (χ0n) is 25.2. The number of rotatable bonds is 5. The first kappa shape index (κ1) is 26.9. The van der Waals surface area contributed by atoms with Crippen LogP contribution in [-0.4, -0.2) is 19.9 Å². The highest BCUT2D eigenvalue weighted by Crippen LogP contribution is 2.40. The molecule has 0 aliphatic heterocycles. The topological polar surface area (TPSA) is 64.7 Å². The van der Waals surface area contributed by atoms with Gasteiger partial charge in [-0.2, -0.15) is 0 Å². The lowest BCUT2D eigenvalue weighted by Crippen LogP contribution is -2.00. The zero-order chi connectivity index (χ0) is 31.2. The van der Waals surface area contributed by atoms with Crippen molar-refractivity contribution in [2.75, 3.05) is 0 Å². The van der Waals surface area contributed by atoms with Crippen LogP contribution >= 0.6 is 0 Å². The van der Waals surface area contributed by atoms with Crippen molar-refractivity contribution in [1.29, 1.82) is 0 Å². The van der Waals surface area contributed by atoms with Crippen molar-refractivity contribution in [2.24, 2.45) is 0 Å². The van der Waals surface area contributed by atoms with Crippen LogP contribution < -0.4 is 0 Å². The molecule has 0 bridgehead atoms. The summed E-state index contributed by atoms with van der Waals surface area (Å²) in [6.45, 7) is 0. The molecule has 0 saturated heterocycles. The van der Waals surface area contributed by atoms with Gasteiger partial charge in [0.05, 0.1) is 5.69 Å². The second-order valence-corrected chi connectivity index (χ2v) is 11.5. The fraction of sp³-hybridized carbons (Fsp3) is 0. The molecule has 0 fully saturated rings. The Morgan fingerprint density at radius 3 is 1.60 bits per heavy atom. The number of fused-ring (bicyclic) bond motifs is 4. The molecular formula is C42H26N4O. The predicted octanol–water partition coefficient (Wildman–Crippen LogP) is 10.7. The molecule has 9 rings (SSSR count). The predicted molar refractivity (Wildman–Crippen MR) is 190 cm³/mol. The van der Waals surface area contributed by atoms with E-state index in [0.717, 1.165) is 71.8 Å². The maximum Gasteiger partial charge on any atom is 0.164 e. The molecule has 0 saturated carbocycles. The molecule has 0 unspecified atom stereocenters. The normalized spacial score (nSPS) is 11.4. The molecule has 6 aromatic carbocycles. The summed E-state index contributed by atoms with van der Waals surface area (Å²) >= 11 is 0. The molecule has 0 radical (unpaired) electrons. The van der Waals surface area contributed by atoms with Crippen molar-refractivity contribution < 1.29 is 4.42 Å². The molecule has 3 aromatic heterocycles. The Bertz CT molecular complexity index is 2500. The second-order valence-electron chi connectivity index (χ2n) is 11.5. The number of benzene rings is 6. The van der Waals surface area contributed by atoms with E-state index in [-0.39, 0.29) is 0 Å². The van der Waals surface area contributed by atoms with Gasteiger partial charge in [0, 0.05) is 44.6 Å². The van der Waals surface area contributed by atoms with Crippen molar-refractivity contribution in [3.8, 4) is 56.5 Å². The molecule has 5 nitrogen and oxygen atoms in total. The molecule has 0 aliphatic rings. The summed E-state index contributed by atoms with van der Waals surface area (Å²) in [6.07, 6.45) is 1.90. The summed E-state index contributed by atoms with van der Waals surface area (Å²) in [5.41, 5.74) is 8.78. The summed E-state index contributed by atoms with van der Waals surface area (Å²) in [6, 6.07) is 51.4. The summed E-state index contributed by atoms with van der Waals surface area (Å²) in [5.74, 6) is 1.93. The first-order chi connectivity index (χ1) is 23.3. The minimum absolute atomic E-state index is 0.633. The van der Waals surface area contributed by atoms with Crippen molar-refractivity contribution in [2.45, 2.75) is 0 Å². The first-order valence-corrected chi connectivity index (χ1v) is 15.6. The third-order valence-electron chi connectivity index (χ3n) is 8.62. The summed E-state index contributed by atoms with van der Waals surface area (Å²) in [4.78, 5) is 19.5. The van der Waals surface area contributed by atoms with Gasteiger partial charge in [-0.3, -0.25) is 4.98 Å². The number of furan rings is 1. The molecule has 0 spiro atoms. The van der Waals surface area contributed by atoms with Crippen LogP contribution in [0.1, 0.15) is 0 Å². The number of nitrogens with zero attached hydrogens (tertiary/aromatic N) is 4. The Hall–Kier alpha value is -6.46. The van der Waals surface area contributed by atoms with Crippen molar-refractivity contribution in [1.82, 2.24) is 19.9 Å². The van der Waals surface area contributed by atoms with E-state index in [1.165, 1.54) is 0 Å². The lowest BCUT2D eigenvalue weighted by atomic mass is 9.94. The second kappa shape index (κ2) is 11.2. The molecule has 9 aromatic rings. The maximum absolute atomic E-state index is 6.19. The fourth-order valence-corrected chi connectivity index (χ4v) is 6.38. The van der Waals surface area contributed by atoms with Crippen LogP contribution in [0.4, 0.5) is 0 Å². The molecule has 0 amide bonds. The lowest BCUT2D eigenvalue weighted by Gasteiger charge is -2.12. The van der Waals surface area contributed by atoms with Crippen LogP contribution in [0.25, 0.3) is 89.3 Å². The quantitative estimate of drug-likeness (QED) is 0.196. The molecule has 47 heavy (non-hydrogen) atoms. The highest BCUT2D eigenvalue weighted by atomic mass is 16.3. The number of hydrogen-bond donors (Lipinski definition) is 0. The van der Waals surface area contributed by atoms with Gasteiger partial charge in [0.1, 0.15) is 11.2 Å². The van der Waals surface area contributed by atoms with Crippen LogP contribution in [0.3, 0.4) is 0 Å². The number of para-hydroxylation sites is 1. The van der Waals surface area contributed by atoms with Gasteiger partial charge in [0.15, 0.2) is 17.5 Å². The average molecular weight is 603 g/mol. The van der Waals surface area contributed by atoms with Crippen LogP contribution in [0, 0.1) is 0 Å². The SMILES string of the molecule is c1ccc(-c2nc(-c3ccccc3)nc(-c3ccc(-c4cccc5c(-c6cccc7oc8ccccc8c67)nccc45)cc3)n2)cc1. The minimum atomic E-state index is 0.633. The van der Waals surface area contributed by atoms with Gasteiger partial charge in [0.2, 0.25) is 0 Å². The molecule has 0 N–H and O–H groups in total. The van der Waals surface area contributed by atoms with E-state index in [4.69, 9.17) is 24.4 Å². The van der Waals surface area contributed by atoms with Gasteiger partial charge < -0.3 is 4.42 Å². The molecule has 5 heteroatoms. The monoisotopic (exact) mass is 602 g/mol. The van der Waals surface area contributed by atoms with Gasteiger partial charge in [-0.25, -0.2) is 15.0 Å². The summed E-state index contributed by atoms with van der Waals surface area (Å²) in [7, 11) is 0. The third-order valence-corrected chi connectivity index (χ3v) is 8.62. The summed E-state index contributed by atoms with van der Waals surface area (Å²) < 4.78 is 6.19. The Balaban J connectivity index is 1.14. The highest BCUT2D eigenvalue weighted by Gasteiger charge is 2.17. The van der Waals surface area contributed by atoms with Crippen LogP contribution in [-0.2, 0) is 0 Å². The maximum atomic E-state index is 6.19. The highest BCUT2D eigenvalue weighted by molar-refractivity contribution is 6.15. The molecule has 0 atom stereocenters.